The Morgan fingerprint density at radius 3 is 2.94 bits per heavy atom. The average Bonchev–Trinajstić information content (AvgIpc) is 2.73. The van der Waals surface area contributed by atoms with Gasteiger partial charge in [-0.3, -0.25) is 9.69 Å². The first kappa shape index (κ1) is 12.1. The summed E-state index contributed by atoms with van der Waals surface area (Å²) in [6.45, 7) is 4.42. The first-order chi connectivity index (χ1) is 7.56. The van der Waals surface area contributed by atoms with Crippen molar-refractivity contribution in [1.82, 2.24) is 4.90 Å². The Labute approximate surface area is 107 Å². The van der Waals surface area contributed by atoms with E-state index in [0.717, 1.165) is 16.9 Å². The summed E-state index contributed by atoms with van der Waals surface area (Å²) in [7, 11) is 0. The SMILES string of the molecule is C[C@@H]1CN(Cc2csc(Br)c2)C[C@H]1C(=O)O. The van der Waals surface area contributed by atoms with Gasteiger partial charge in [0.05, 0.1) is 9.70 Å². The second-order valence-corrected chi connectivity index (χ2v) is 6.67. The number of carboxylic acid groups (broad SMARTS) is 1. The maximum absolute atomic E-state index is 11.0. The molecule has 0 unspecified atom stereocenters. The summed E-state index contributed by atoms with van der Waals surface area (Å²) in [5.41, 5.74) is 1.26. The van der Waals surface area contributed by atoms with Crippen LogP contribution in [0.3, 0.4) is 0 Å². The van der Waals surface area contributed by atoms with Gasteiger partial charge in [0.25, 0.3) is 0 Å². The summed E-state index contributed by atoms with van der Waals surface area (Å²) in [6.07, 6.45) is 0. The van der Waals surface area contributed by atoms with Crippen molar-refractivity contribution >= 4 is 33.2 Å². The molecule has 2 heterocycles. The predicted molar refractivity (Wildman–Crippen MR) is 67.6 cm³/mol. The number of hydrogen-bond acceptors (Lipinski definition) is 3. The topological polar surface area (TPSA) is 40.5 Å². The van der Waals surface area contributed by atoms with E-state index in [1.165, 1.54) is 5.56 Å². The number of aliphatic carboxylic acids is 1. The molecule has 2 rings (SSSR count). The van der Waals surface area contributed by atoms with Gasteiger partial charge in [-0.1, -0.05) is 6.92 Å². The highest BCUT2D eigenvalue weighted by Gasteiger charge is 2.34. The number of thiophene rings is 1. The van der Waals surface area contributed by atoms with Crippen LogP contribution in [0.1, 0.15) is 12.5 Å². The molecule has 0 aliphatic carbocycles. The first-order valence-corrected chi connectivity index (χ1v) is 6.91. The van der Waals surface area contributed by atoms with Gasteiger partial charge < -0.3 is 5.11 Å². The third-order valence-electron chi connectivity index (χ3n) is 3.03. The highest BCUT2D eigenvalue weighted by Crippen LogP contribution is 2.27. The lowest BCUT2D eigenvalue weighted by atomic mass is 9.99. The zero-order valence-corrected chi connectivity index (χ0v) is 11.4. The molecule has 5 heteroatoms. The third kappa shape index (κ3) is 2.64. The van der Waals surface area contributed by atoms with Crippen LogP contribution in [0.15, 0.2) is 15.2 Å². The van der Waals surface area contributed by atoms with Crippen molar-refractivity contribution in [3.8, 4) is 0 Å². The maximum atomic E-state index is 11.0. The Kier molecular flexibility index (Phi) is 3.66. The number of rotatable bonds is 3. The van der Waals surface area contributed by atoms with Crippen LogP contribution in [0.2, 0.25) is 0 Å². The van der Waals surface area contributed by atoms with Gasteiger partial charge in [-0.05, 0) is 38.9 Å². The molecule has 1 aromatic rings. The van der Waals surface area contributed by atoms with Crippen LogP contribution < -0.4 is 0 Å². The largest absolute Gasteiger partial charge is 0.481 e. The Hall–Kier alpha value is -0.390. The standard InChI is InChI=1S/C11H14BrNO2S/c1-7-3-13(5-9(7)11(14)15)4-8-2-10(12)16-6-8/h2,6-7,9H,3-5H2,1H3,(H,14,15)/t7-,9-/m1/s1. The van der Waals surface area contributed by atoms with Crippen LogP contribution in [0.4, 0.5) is 0 Å². The zero-order chi connectivity index (χ0) is 11.7. The van der Waals surface area contributed by atoms with Gasteiger partial charge in [-0.2, -0.15) is 0 Å². The first-order valence-electron chi connectivity index (χ1n) is 5.24. The highest BCUT2D eigenvalue weighted by atomic mass is 79.9. The fraction of sp³-hybridized carbons (Fsp3) is 0.545. The van der Waals surface area contributed by atoms with E-state index < -0.39 is 5.97 Å². The molecule has 3 nitrogen and oxygen atoms in total. The van der Waals surface area contributed by atoms with Crippen LogP contribution in [-0.4, -0.2) is 29.1 Å². The van der Waals surface area contributed by atoms with Gasteiger partial charge >= 0.3 is 5.97 Å². The Balaban J connectivity index is 1.96. The van der Waals surface area contributed by atoms with Crippen LogP contribution in [-0.2, 0) is 11.3 Å². The van der Waals surface area contributed by atoms with Gasteiger partial charge in [0.1, 0.15) is 0 Å². The molecular weight excluding hydrogens is 290 g/mol. The second-order valence-electron chi connectivity index (χ2n) is 4.38. The zero-order valence-electron chi connectivity index (χ0n) is 9.02. The number of carboxylic acids is 1. The fourth-order valence-electron chi connectivity index (χ4n) is 2.20. The van der Waals surface area contributed by atoms with Crippen molar-refractivity contribution in [2.75, 3.05) is 13.1 Å². The molecule has 0 bridgehead atoms. The van der Waals surface area contributed by atoms with Crippen LogP contribution >= 0.6 is 27.3 Å². The molecule has 0 radical (unpaired) electrons. The summed E-state index contributed by atoms with van der Waals surface area (Å²) in [5.74, 6) is -0.622. The molecule has 1 N–H and O–H groups in total. The molecule has 1 aliphatic heterocycles. The van der Waals surface area contributed by atoms with Gasteiger partial charge in [0.15, 0.2) is 0 Å². The molecule has 1 aliphatic rings. The molecule has 2 atom stereocenters. The fourth-order valence-corrected chi connectivity index (χ4v) is 3.40. The lowest BCUT2D eigenvalue weighted by Crippen LogP contribution is -2.22. The van der Waals surface area contributed by atoms with Gasteiger partial charge in [-0.25, -0.2) is 0 Å². The Morgan fingerprint density at radius 2 is 2.44 bits per heavy atom. The summed E-state index contributed by atoms with van der Waals surface area (Å²) in [6, 6.07) is 2.10. The molecule has 0 aromatic carbocycles. The predicted octanol–water partition coefficient (Wildman–Crippen LogP) is 2.66. The molecule has 0 amide bonds. The quantitative estimate of drug-likeness (QED) is 0.933. The summed E-state index contributed by atoms with van der Waals surface area (Å²) in [5, 5.41) is 11.2. The Morgan fingerprint density at radius 1 is 1.69 bits per heavy atom. The van der Waals surface area contributed by atoms with E-state index in [0.29, 0.717) is 6.54 Å². The molecule has 1 aromatic heterocycles. The van der Waals surface area contributed by atoms with E-state index in [1.807, 2.05) is 6.92 Å². The van der Waals surface area contributed by atoms with E-state index in [4.69, 9.17) is 5.11 Å². The molecule has 1 fully saturated rings. The number of halogens is 1. The average molecular weight is 304 g/mol. The maximum Gasteiger partial charge on any atom is 0.308 e. The molecule has 1 saturated heterocycles. The number of nitrogens with zero attached hydrogens (tertiary/aromatic N) is 1. The van der Waals surface area contributed by atoms with Gasteiger partial charge in [-0.15, -0.1) is 11.3 Å². The lowest BCUT2D eigenvalue weighted by molar-refractivity contribution is -0.142. The van der Waals surface area contributed by atoms with E-state index in [-0.39, 0.29) is 11.8 Å². The number of hydrogen-bond donors (Lipinski definition) is 1. The molecule has 16 heavy (non-hydrogen) atoms. The number of likely N-dealkylation sites (tertiary alicyclic amines) is 1. The summed E-state index contributed by atoms with van der Waals surface area (Å²) in [4.78, 5) is 13.2. The molecular formula is C11H14BrNO2S. The number of carbonyl (C=O) groups is 1. The van der Waals surface area contributed by atoms with Crippen LogP contribution in [0.25, 0.3) is 0 Å². The smallest absolute Gasteiger partial charge is 0.308 e. The van der Waals surface area contributed by atoms with Gasteiger partial charge in [0.2, 0.25) is 0 Å². The van der Waals surface area contributed by atoms with Crippen LogP contribution in [0.5, 0.6) is 0 Å². The minimum absolute atomic E-state index is 0.206. The third-order valence-corrected chi connectivity index (χ3v) is 4.59. The van der Waals surface area contributed by atoms with Crippen molar-refractivity contribution in [2.24, 2.45) is 11.8 Å². The minimum Gasteiger partial charge on any atom is -0.481 e. The van der Waals surface area contributed by atoms with Crippen molar-refractivity contribution in [3.05, 3.63) is 20.8 Å². The van der Waals surface area contributed by atoms with E-state index in [9.17, 15) is 4.79 Å². The van der Waals surface area contributed by atoms with Crippen molar-refractivity contribution < 1.29 is 9.90 Å². The Bertz CT molecular complexity index is 393. The molecule has 0 spiro atoms. The van der Waals surface area contributed by atoms with Gasteiger partial charge in [0, 0.05) is 19.6 Å². The monoisotopic (exact) mass is 303 g/mol. The minimum atomic E-state index is -0.665. The normalized spacial score (nSPS) is 26.1. The van der Waals surface area contributed by atoms with Crippen molar-refractivity contribution in [1.29, 1.82) is 0 Å². The van der Waals surface area contributed by atoms with Crippen molar-refractivity contribution in [2.45, 2.75) is 13.5 Å². The summed E-state index contributed by atoms with van der Waals surface area (Å²) >= 11 is 5.10. The lowest BCUT2D eigenvalue weighted by Gasteiger charge is -2.13. The molecule has 0 saturated carbocycles. The molecule has 88 valence electrons. The summed E-state index contributed by atoms with van der Waals surface area (Å²) < 4.78 is 1.13. The van der Waals surface area contributed by atoms with Crippen LogP contribution in [0, 0.1) is 11.8 Å². The van der Waals surface area contributed by atoms with E-state index >= 15 is 0 Å². The second kappa shape index (κ2) is 4.85. The van der Waals surface area contributed by atoms with E-state index in [1.54, 1.807) is 11.3 Å². The van der Waals surface area contributed by atoms with E-state index in [2.05, 4.69) is 32.3 Å². The van der Waals surface area contributed by atoms with Crippen molar-refractivity contribution in [3.63, 3.8) is 0 Å². The highest BCUT2D eigenvalue weighted by molar-refractivity contribution is 9.11.